The number of aromatic nitrogens is 2. The summed E-state index contributed by atoms with van der Waals surface area (Å²) in [6, 6.07) is 4.67. The maximum atomic E-state index is 13.6. The molecule has 0 fully saturated rings. The molecular formula is C13H15ClFN3O. The van der Waals surface area contributed by atoms with Gasteiger partial charge in [-0.25, -0.2) is 9.37 Å². The first kappa shape index (κ1) is 13.8. The zero-order valence-electron chi connectivity index (χ0n) is 10.6. The fourth-order valence-corrected chi connectivity index (χ4v) is 2.11. The van der Waals surface area contributed by atoms with Crippen molar-refractivity contribution in [2.75, 3.05) is 6.54 Å². The van der Waals surface area contributed by atoms with Crippen molar-refractivity contribution < 1.29 is 9.18 Å². The molecule has 102 valence electrons. The van der Waals surface area contributed by atoms with Crippen LogP contribution in [0.1, 0.15) is 19.2 Å². The van der Waals surface area contributed by atoms with Crippen LogP contribution >= 0.6 is 11.6 Å². The molecular weight excluding hydrogens is 269 g/mol. The van der Waals surface area contributed by atoms with Crippen molar-refractivity contribution in [1.29, 1.82) is 0 Å². The number of hydrogen-bond acceptors (Lipinski definition) is 2. The third-order valence-electron chi connectivity index (χ3n) is 2.80. The number of fused-ring (bicyclic) bond motifs is 1. The zero-order chi connectivity index (χ0) is 13.8. The van der Waals surface area contributed by atoms with Crippen LogP contribution in [-0.4, -0.2) is 22.0 Å². The molecule has 0 atom stereocenters. The lowest BCUT2D eigenvalue weighted by molar-refractivity contribution is -0.121. The molecule has 0 radical (unpaired) electrons. The summed E-state index contributed by atoms with van der Waals surface area (Å²) in [5, 5.41) is 2.78. The van der Waals surface area contributed by atoms with E-state index in [0.717, 1.165) is 6.42 Å². The Labute approximate surface area is 115 Å². The predicted molar refractivity (Wildman–Crippen MR) is 72.5 cm³/mol. The van der Waals surface area contributed by atoms with Gasteiger partial charge in [-0.15, -0.1) is 11.6 Å². The summed E-state index contributed by atoms with van der Waals surface area (Å²) in [5.41, 5.74) is 0.837. The number of amides is 1. The first-order chi connectivity index (χ1) is 9.17. The highest BCUT2D eigenvalue weighted by atomic mass is 35.5. The highest BCUT2D eigenvalue weighted by molar-refractivity contribution is 6.16. The normalized spacial score (nSPS) is 10.9. The van der Waals surface area contributed by atoms with E-state index in [-0.39, 0.29) is 23.8 Å². The third-order valence-corrected chi connectivity index (χ3v) is 3.04. The van der Waals surface area contributed by atoms with Crippen molar-refractivity contribution in [3.63, 3.8) is 0 Å². The molecule has 1 aromatic carbocycles. The monoisotopic (exact) mass is 283 g/mol. The lowest BCUT2D eigenvalue weighted by atomic mass is 10.3. The molecule has 0 aliphatic rings. The van der Waals surface area contributed by atoms with Crippen molar-refractivity contribution in [3.8, 4) is 0 Å². The van der Waals surface area contributed by atoms with E-state index in [9.17, 15) is 9.18 Å². The van der Waals surface area contributed by atoms with E-state index in [1.165, 1.54) is 6.07 Å². The number of benzene rings is 1. The minimum Gasteiger partial charge on any atom is -0.355 e. The summed E-state index contributed by atoms with van der Waals surface area (Å²) in [6.45, 7) is 2.70. The molecule has 0 aliphatic carbocycles. The molecule has 4 nitrogen and oxygen atoms in total. The Balaban J connectivity index is 2.35. The molecule has 1 amide bonds. The maximum absolute atomic E-state index is 13.6. The van der Waals surface area contributed by atoms with Crippen molar-refractivity contribution >= 4 is 28.5 Å². The lowest BCUT2D eigenvalue weighted by Gasteiger charge is -2.08. The predicted octanol–water partition coefficient (Wildman–Crippen LogP) is 2.44. The second kappa shape index (κ2) is 6.02. The van der Waals surface area contributed by atoms with E-state index in [1.54, 1.807) is 16.7 Å². The zero-order valence-corrected chi connectivity index (χ0v) is 11.4. The van der Waals surface area contributed by atoms with Crippen molar-refractivity contribution in [2.45, 2.75) is 25.8 Å². The molecule has 0 bridgehead atoms. The standard InChI is InChI=1S/C13H15ClFN3O/c1-2-6-16-12(19)8-18-10-5-3-4-9(15)13(10)17-11(18)7-14/h3-5H,2,6-8H2,1H3,(H,16,19). The van der Waals surface area contributed by atoms with E-state index >= 15 is 0 Å². The lowest BCUT2D eigenvalue weighted by Crippen LogP contribution is -2.28. The first-order valence-electron chi connectivity index (χ1n) is 6.13. The minimum atomic E-state index is -0.406. The molecule has 0 saturated heterocycles. The first-order valence-corrected chi connectivity index (χ1v) is 6.67. The fourth-order valence-electron chi connectivity index (χ4n) is 1.90. The molecule has 6 heteroatoms. The van der Waals surface area contributed by atoms with Crippen LogP contribution in [0.25, 0.3) is 11.0 Å². The summed E-state index contributed by atoms with van der Waals surface area (Å²) in [6.07, 6.45) is 0.868. The van der Waals surface area contributed by atoms with Crippen LogP contribution in [-0.2, 0) is 17.2 Å². The number of hydrogen-bond donors (Lipinski definition) is 1. The Morgan fingerprint density at radius 3 is 3.00 bits per heavy atom. The average molecular weight is 284 g/mol. The second-order valence-electron chi connectivity index (χ2n) is 4.21. The van der Waals surface area contributed by atoms with Gasteiger partial charge in [-0.05, 0) is 18.6 Å². The van der Waals surface area contributed by atoms with Crippen LogP contribution in [0.15, 0.2) is 18.2 Å². The largest absolute Gasteiger partial charge is 0.355 e. The van der Waals surface area contributed by atoms with Crippen LogP contribution in [0.3, 0.4) is 0 Å². The van der Waals surface area contributed by atoms with Crippen LogP contribution in [0.4, 0.5) is 4.39 Å². The van der Waals surface area contributed by atoms with Gasteiger partial charge in [0.1, 0.15) is 17.9 Å². The van der Waals surface area contributed by atoms with Gasteiger partial charge in [-0.1, -0.05) is 13.0 Å². The Hall–Kier alpha value is -1.62. The molecule has 0 aliphatic heterocycles. The van der Waals surface area contributed by atoms with E-state index in [4.69, 9.17) is 11.6 Å². The summed E-state index contributed by atoms with van der Waals surface area (Å²) in [4.78, 5) is 15.9. The molecule has 1 N–H and O–H groups in total. The van der Waals surface area contributed by atoms with E-state index < -0.39 is 5.82 Å². The highest BCUT2D eigenvalue weighted by Gasteiger charge is 2.15. The average Bonchev–Trinajstić information content (AvgIpc) is 2.76. The van der Waals surface area contributed by atoms with Gasteiger partial charge in [0.2, 0.25) is 5.91 Å². The highest BCUT2D eigenvalue weighted by Crippen LogP contribution is 2.20. The number of alkyl halides is 1. The van der Waals surface area contributed by atoms with Crippen LogP contribution in [0, 0.1) is 5.82 Å². The number of rotatable bonds is 5. The number of nitrogens with zero attached hydrogens (tertiary/aromatic N) is 2. The van der Waals surface area contributed by atoms with Crippen molar-refractivity contribution in [2.24, 2.45) is 0 Å². The maximum Gasteiger partial charge on any atom is 0.240 e. The van der Waals surface area contributed by atoms with Gasteiger partial charge in [0, 0.05) is 6.54 Å². The van der Waals surface area contributed by atoms with Gasteiger partial charge in [0.05, 0.1) is 11.4 Å². The van der Waals surface area contributed by atoms with Gasteiger partial charge in [0.25, 0.3) is 0 Å². The smallest absolute Gasteiger partial charge is 0.240 e. The molecule has 19 heavy (non-hydrogen) atoms. The molecule has 0 spiro atoms. The van der Waals surface area contributed by atoms with Crippen molar-refractivity contribution in [3.05, 3.63) is 29.8 Å². The number of carbonyl (C=O) groups is 1. The SMILES string of the molecule is CCCNC(=O)Cn1c(CCl)nc2c(F)cccc21. The van der Waals surface area contributed by atoms with Crippen LogP contribution < -0.4 is 5.32 Å². The number of nitrogens with one attached hydrogen (secondary N) is 1. The van der Waals surface area contributed by atoms with E-state index in [0.29, 0.717) is 17.9 Å². The van der Waals surface area contributed by atoms with Crippen LogP contribution in [0.5, 0.6) is 0 Å². The van der Waals surface area contributed by atoms with Crippen molar-refractivity contribution in [1.82, 2.24) is 14.9 Å². The van der Waals surface area contributed by atoms with Gasteiger partial charge >= 0.3 is 0 Å². The van der Waals surface area contributed by atoms with E-state index in [1.807, 2.05) is 6.92 Å². The Morgan fingerprint density at radius 1 is 1.53 bits per heavy atom. The number of para-hydroxylation sites is 1. The number of carbonyl (C=O) groups excluding carboxylic acids is 1. The molecule has 0 saturated carbocycles. The van der Waals surface area contributed by atoms with Crippen LogP contribution in [0.2, 0.25) is 0 Å². The molecule has 1 aromatic heterocycles. The Morgan fingerprint density at radius 2 is 2.32 bits per heavy atom. The Kier molecular flexibility index (Phi) is 4.37. The molecule has 1 heterocycles. The number of halogens is 2. The summed E-state index contributed by atoms with van der Waals surface area (Å²) >= 11 is 5.81. The fraction of sp³-hybridized carbons (Fsp3) is 0.385. The quantitative estimate of drug-likeness (QED) is 0.857. The third kappa shape index (κ3) is 2.87. The van der Waals surface area contributed by atoms with Gasteiger partial charge in [-0.2, -0.15) is 0 Å². The summed E-state index contributed by atoms with van der Waals surface area (Å²) < 4.78 is 15.3. The summed E-state index contributed by atoms with van der Waals surface area (Å²) in [7, 11) is 0. The molecule has 2 aromatic rings. The van der Waals surface area contributed by atoms with E-state index in [2.05, 4.69) is 10.3 Å². The van der Waals surface area contributed by atoms with Gasteiger partial charge < -0.3 is 9.88 Å². The summed E-state index contributed by atoms with van der Waals surface area (Å²) in [5.74, 6) is 0.0941. The number of imidazole rings is 1. The minimum absolute atomic E-state index is 0.0992. The topological polar surface area (TPSA) is 46.9 Å². The molecule has 0 unspecified atom stereocenters. The molecule has 2 rings (SSSR count). The van der Waals surface area contributed by atoms with Gasteiger partial charge in [-0.3, -0.25) is 4.79 Å². The second-order valence-corrected chi connectivity index (χ2v) is 4.47. The van der Waals surface area contributed by atoms with Gasteiger partial charge in [0.15, 0.2) is 5.82 Å². The Bertz CT molecular complexity index is 597.